The highest BCUT2D eigenvalue weighted by Crippen LogP contribution is 2.30. The standard InChI is InChI=1S/C15H13N3O3S/c1-9-11-7-12(14(21)16-8-13(19)20)22-15(11)18(17-9)10-5-3-2-4-6-10/h2-7H,8H2,1H3,(H,16,21)(H,19,20). The average molecular weight is 315 g/mol. The van der Waals surface area contributed by atoms with Crippen LogP contribution in [0.5, 0.6) is 0 Å². The van der Waals surface area contributed by atoms with E-state index < -0.39 is 12.5 Å². The van der Waals surface area contributed by atoms with Crippen LogP contribution in [0.25, 0.3) is 15.9 Å². The molecule has 0 fully saturated rings. The fourth-order valence-electron chi connectivity index (χ4n) is 2.15. The topological polar surface area (TPSA) is 84.2 Å². The van der Waals surface area contributed by atoms with E-state index >= 15 is 0 Å². The first-order valence-electron chi connectivity index (χ1n) is 6.61. The summed E-state index contributed by atoms with van der Waals surface area (Å²) in [5.74, 6) is -1.45. The monoisotopic (exact) mass is 315 g/mol. The van der Waals surface area contributed by atoms with Gasteiger partial charge in [-0.3, -0.25) is 9.59 Å². The van der Waals surface area contributed by atoms with Crippen molar-refractivity contribution in [3.05, 3.63) is 47.0 Å². The largest absolute Gasteiger partial charge is 0.480 e. The number of carbonyl (C=O) groups is 2. The van der Waals surface area contributed by atoms with Gasteiger partial charge in [0.05, 0.1) is 16.3 Å². The van der Waals surface area contributed by atoms with Crippen molar-refractivity contribution in [2.24, 2.45) is 0 Å². The van der Waals surface area contributed by atoms with Crippen LogP contribution in [0.4, 0.5) is 0 Å². The van der Waals surface area contributed by atoms with Gasteiger partial charge in [-0.15, -0.1) is 11.3 Å². The van der Waals surface area contributed by atoms with Crippen LogP contribution in [0, 0.1) is 6.92 Å². The van der Waals surface area contributed by atoms with Crippen LogP contribution < -0.4 is 5.32 Å². The first-order valence-corrected chi connectivity index (χ1v) is 7.42. The summed E-state index contributed by atoms with van der Waals surface area (Å²) in [5, 5.41) is 16.4. The maximum absolute atomic E-state index is 12.0. The highest BCUT2D eigenvalue weighted by molar-refractivity contribution is 7.20. The molecule has 6 nitrogen and oxygen atoms in total. The highest BCUT2D eigenvalue weighted by Gasteiger charge is 2.17. The lowest BCUT2D eigenvalue weighted by Gasteiger charge is -2.01. The number of nitrogens with zero attached hydrogens (tertiary/aromatic N) is 2. The average Bonchev–Trinajstić information content (AvgIpc) is 3.07. The molecule has 0 saturated carbocycles. The molecule has 0 bridgehead atoms. The number of carbonyl (C=O) groups excluding carboxylic acids is 1. The molecule has 112 valence electrons. The molecule has 1 amide bonds. The maximum atomic E-state index is 12.0. The van der Waals surface area contributed by atoms with Crippen molar-refractivity contribution in [1.82, 2.24) is 15.1 Å². The molecule has 2 N–H and O–H groups in total. The second-order valence-electron chi connectivity index (χ2n) is 4.74. The van der Waals surface area contributed by atoms with Crippen molar-refractivity contribution in [2.45, 2.75) is 6.92 Å². The Kier molecular flexibility index (Phi) is 3.64. The Hall–Kier alpha value is -2.67. The third-order valence-electron chi connectivity index (χ3n) is 3.17. The number of nitrogens with one attached hydrogen (secondary N) is 1. The molecule has 0 atom stereocenters. The zero-order chi connectivity index (χ0) is 15.7. The fraction of sp³-hybridized carbons (Fsp3) is 0.133. The number of carboxylic acids is 1. The molecular weight excluding hydrogens is 302 g/mol. The van der Waals surface area contributed by atoms with Crippen molar-refractivity contribution >= 4 is 33.4 Å². The van der Waals surface area contributed by atoms with Crippen LogP contribution in [0.3, 0.4) is 0 Å². The number of rotatable bonds is 4. The molecule has 2 heterocycles. The van der Waals surface area contributed by atoms with Crippen LogP contribution >= 0.6 is 11.3 Å². The SMILES string of the molecule is Cc1nn(-c2ccccc2)c2sc(C(=O)NCC(=O)O)cc12. The fourth-order valence-corrected chi connectivity index (χ4v) is 3.25. The minimum atomic E-state index is -1.07. The third kappa shape index (κ3) is 2.58. The quantitative estimate of drug-likeness (QED) is 0.773. The molecule has 0 unspecified atom stereocenters. The Labute approximate surface area is 130 Å². The highest BCUT2D eigenvalue weighted by atomic mass is 32.1. The number of thiophene rings is 1. The maximum Gasteiger partial charge on any atom is 0.322 e. The normalized spacial score (nSPS) is 10.8. The summed E-state index contributed by atoms with van der Waals surface area (Å²) in [4.78, 5) is 23.8. The first-order chi connectivity index (χ1) is 10.6. The Balaban J connectivity index is 2.00. The van der Waals surface area contributed by atoms with Gasteiger partial charge in [-0.25, -0.2) is 4.68 Å². The molecule has 22 heavy (non-hydrogen) atoms. The number of benzene rings is 1. The van der Waals surface area contributed by atoms with E-state index in [1.54, 1.807) is 10.7 Å². The Morgan fingerprint density at radius 3 is 2.73 bits per heavy atom. The Morgan fingerprint density at radius 1 is 1.32 bits per heavy atom. The smallest absolute Gasteiger partial charge is 0.322 e. The Morgan fingerprint density at radius 2 is 2.05 bits per heavy atom. The number of fused-ring (bicyclic) bond motifs is 1. The van der Waals surface area contributed by atoms with Gasteiger partial charge in [-0.2, -0.15) is 5.10 Å². The number of carboxylic acid groups (broad SMARTS) is 1. The van der Waals surface area contributed by atoms with Gasteiger partial charge in [-0.1, -0.05) is 18.2 Å². The summed E-state index contributed by atoms with van der Waals surface area (Å²) in [6.45, 7) is 1.49. The summed E-state index contributed by atoms with van der Waals surface area (Å²) in [6, 6.07) is 11.4. The molecule has 1 aromatic carbocycles. The lowest BCUT2D eigenvalue weighted by atomic mass is 10.3. The number of aryl methyl sites for hydroxylation is 1. The zero-order valence-electron chi connectivity index (χ0n) is 11.7. The Bertz CT molecular complexity index is 852. The van der Waals surface area contributed by atoms with E-state index in [0.29, 0.717) is 4.88 Å². The molecule has 7 heteroatoms. The van der Waals surface area contributed by atoms with Crippen LogP contribution in [-0.2, 0) is 4.79 Å². The summed E-state index contributed by atoms with van der Waals surface area (Å²) in [6.07, 6.45) is 0. The van der Waals surface area contributed by atoms with Gasteiger partial charge < -0.3 is 10.4 Å². The third-order valence-corrected chi connectivity index (χ3v) is 4.28. The molecule has 0 aliphatic heterocycles. The van der Waals surface area contributed by atoms with Gasteiger partial charge in [-0.05, 0) is 25.1 Å². The second kappa shape index (κ2) is 5.61. The van der Waals surface area contributed by atoms with Crippen molar-refractivity contribution < 1.29 is 14.7 Å². The predicted octanol–water partition coefficient (Wildman–Crippen LogP) is 2.21. The first kappa shape index (κ1) is 14.3. The number of hydrogen-bond acceptors (Lipinski definition) is 4. The molecule has 0 radical (unpaired) electrons. The summed E-state index contributed by atoms with van der Waals surface area (Å²) < 4.78 is 1.79. The van der Waals surface area contributed by atoms with E-state index in [1.165, 1.54) is 11.3 Å². The molecule has 0 saturated heterocycles. The van der Waals surface area contributed by atoms with Crippen molar-refractivity contribution in [1.29, 1.82) is 0 Å². The van der Waals surface area contributed by atoms with Gasteiger partial charge in [0, 0.05) is 5.39 Å². The van der Waals surface area contributed by atoms with Gasteiger partial charge in [0.1, 0.15) is 11.4 Å². The van der Waals surface area contributed by atoms with E-state index in [0.717, 1.165) is 21.6 Å². The minimum absolute atomic E-state index is 0.386. The number of amides is 1. The van der Waals surface area contributed by atoms with E-state index in [9.17, 15) is 9.59 Å². The number of hydrogen-bond donors (Lipinski definition) is 2. The summed E-state index contributed by atoms with van der Waals surface area (Å²) in [7, 11) is 0. The van der Waals surface area contributed by atoms with E-state index in [1.807, 2.05) is 37.3 Å². The molecule has 0 spiro atoms. The molecule has 3 rings (SSSR count). The van der Waals surface area contributed by atoms with Crippen molar-refractivity contribution in [3.8, 4) is 5.69 Å². The summed E-state index contributed by atoms with van der Waals surface area (Å²) in [5.41, 5.74) is 1.74. The van der Waals surface area contributed by atoms with Crippen LogP contribution in [0.15, 0.2) is 36.4 Å². The van der Waals surface area contributed by atoms with E-state index in [4.69, 9.17) is 5.11 Å². The number of aliphatic carboxylic acids is 1. The molecular formula is C15H13N3O3S. The molecule has 2 aromatic heterocycles. The number of aromatic nitrogens is 2. The lowest BCUT2D eigenvalue weighted by molar-refractivity contribution is -0.135. The van der Waals surface area contributed by atoms with Crippen molar-refractivity contribution in [2.75, 3.05) is 6.54 Å². The van der Waals surface area contributed by atoms with Gasteiger partial charge in [0.25, 0.3) is 5.91 Å². The van der Waals surface area contributed by atoms with E-state index in [2.05, 4.69) is 10.4 Å². The summed E-state index contributed by atoms with van der Waals surface area (Å²) >= 11 is 1.29. The number of para-hydroxylation sites is 1. The van der Waals surface area contributed by atoms with Gasteiger partial charge in [0.15, 0.2) is 0 Å². The second-order valence-corrected chi connectivity index (χ2v) is 5.77. The molecule has 0 aliphatic carbocycles. The van der Waals surface area contributed by atoms with Gasteiger partial charge in [0.2, 0.25) is 0 Å². The predicted molar refractivity (Wildman–Crippen MR) is 83.7 cm³/mol. The van der Waals surface area contributed by atoms with Crippen LogP contribution in [-0.4, -0.2) is 33.3 Å². The van der Waals surface area contributed by atoms with Crippen molar-refractivity contribution in [3.63, 3.8) is 0 Å². The molecule has 0 aliphatic rings. The minimum Gasteiger partial charge on any atom is -0.480 e. The molecule has 3 aromatic rings. The zero-order valence-corrected chi connectivity index (χ0v) is 12.6. The lowest BCUT2D eigenvalue weighted by Crippen LogP contribution is -2.28. The van der Waals surface area contributed by atoms with Crippen LogP contribution in [0.2, 0.25) is 0 Å². The van der Waals surface area contributed by atoms with Gasteiger partial charge >= 0.3 is 5.97 Å². The van der Waals surface area contributed by atoms with Crippen LogP contribution in [0.1, 0.15) is 15.4 Å². The van der Waals surface area contributed by atoms with E-state index in [-0.39, 0.29) is 5.91 Å².